The summed E-state index contributed by atoms with van der Waals surface area (Å²) in [5.74, 6) is -0.141. The number of nitrogens with zero attached hydrogens (tertiary/aromatic N) is 2. The molecule has 1 atom stereocenters. The van der Waals surface area contributed by atoms with Gasteiger partial charge in [-0.2, -0.15) is 0 Å². The van der Waals surface area contributed by atoms with Gasteiger partial charge in [0.15, 0.2) is 0 Å². The molecule has 2 aromatic carbocycles. The van der Waals surface area contributed by atoms with E-state index in [4.69, 9.17) is 4.74 Å². The maximum atomic E-state index is 13.8. The monoisotopic (exact) mass is 517 g/mol. The van der Waals surface area contributed by atoms with Crippen LogP contribution in [0.3, 0.4) is 0 Å². The Morgan fingerprint density at radius 3 is 2.28 bits per heavy atom. The summed E-state index contributed by atoms with van der Waals surface area (Å²) < 4.78 is 32.0. The van der Waals surface area contributed by atoms with Crippen molar-refractivity contribution in [2.45, 2.75) is 66.1 Å². The lowest BCUT2D eigenvalue weighted by molar-refractivity contribution is -0.141. The van der Waals surface area contributed by atoms with Gasteiger partial charge in [-0.3, -0.25) is 13.9 Å². The van der Waals surface area contributed by atoms with Gasteiger partial charge in [0.1, 0.15) is 18.3 Å². The fourth-order valence-corrected chi connectivity index (χ4v) is 4.93. The Kier molecular flexibility index (Phi) is 9.54. The lowest BCUT2D eigenvalue weighted by Gasteiger charge is -2.34. The summed E-state index contributed by atoms with van der Waals surface area (Å²) in [5, 5.41) is 2.96. The molecule has 0 radical (unpaired) electrons. The number of hydrogen-bond acceptors (Lipinski definition) is 5. The van der Waals surface area contributed by atoms with Crippen LogP contribution in [0.1, 0.15) is 50.8 Å². The molecule has 2 rings (SSSR count). The Balaban J connectivity index is 2.51. The molecule has 0 spiro atoms. The van der Waals surface area contributed by atoms with Crippen molar-refractivity contribution in [2.75, 3.05) is 24.2 Å². The SMILES string of the molecule is CCC(C(=O)NC(C)(C)C)N(Cc1cccc(OC)c1)C(=O)CN(c1ccc(C)cc1C)S(C)(=O)=O. The van der Waals surface area contributed by atoms with Crippen molar-refractivity contribution in [3.63, 3.8) is 0 Å². The molecule has 0 bridgehead atoms. The molecule has 0 fully saturated rings. The van der Waals surface area contributed by atoms with Crippen molar-refractivity contribution in [1.82, 2.24) is 10.2 Å². The Morgan fingerprint density at radius 2 is 1.75 bits per heavy atom. The summed E-state index contributed by atoms with van der Waals surface area (Å²) in [4.78, 5) is 28.5. The quantitative estimate of drug-likeness (QED) is 0.517. The molecule has 0 saturated heterocycles. The molecular formula is C27H39N3O5S. The lowest BCUT2D eigenvalue weighted by atomic mass is 10.1. The van der Waals surface area contributed by atoms with Crippen LogP contribution in [-0.4, -0.2) is 56.6 Å². The van der Waals surface area contributed by atoms with Crippen molar-refractivity contribution in [3.05, 3.63) is 59.2 Å². The first-order valence-corrected chi connectivity index (χ1v) is 13.8. The zero-order chi connectivity index (χ0) is 27.3. The molecule has 2 aromatic rings. The summed E-state index contributed by atoms with van der Waals surface area (Å²) in [7, 11) is -2.22. The Morgan fingerprint density at radius 1 is 1.08 bits per heavy atom. The van der Waals surface area contributed by atoms with E-state index in [1.165, 1.54) is 4.90 Å². The van der Waals surface area contributed by atoms with Gasteiger partial charge >= 0.3 is 0 Å². The molecule has 0 aliphatic carbocycles. The maximum absolute atomic E-state index is 13.8. The van der Waals surface area contributed by atoms with Gasteiger partial charge in [-0.05, 0) is 70.4 Å². The fourth-order valence-electron chi connectivity index (χ4n) is 4.02. The first kappa shape index (κ1) is 29.2. The van der Waals surface area contributed by atoms with Crippen LogP contribution in [0, 0.1) is 13.8 Å². The van der Waals surface area contributed by atoms with Crippen molar-refractivity contribution in [3.8, 4) is 5.75 Å². The summed E-state index contributed by atoms with van der Waals surface area (Å²) >= 11 is 0. The van der Waals surface area contributed by atoms with Gasteiger partial charge in [-0.25, -0.2) is 8.42 Å². The van der Waals surface area contributed by atoms with E-state index in [1.807, 2.05) is 65.8 Å². The van der Waals surface area contributed by atoms with E-state index in [2.05, 4.69) is 5.32 Å². The summed E-state index contributed by atoms with van der Waals surface area (Å²) in [6.45, 7) is 10.9. The summed E-state index contributed by atoms with van der Waals surface area (Å²) in [6, 6.07) is 11.8. The van der Waals surface area contributed by atoms with Crippen LogP contribution in [0.25, 0.3) is 0 Å². The second-order valence-electron chi connectivity index (χ2n) is 10.1. The van der Waals surface area contributed by atoms with E-state index in [1.54, 1.807) is 25.3 Å². The molecule has 198 valence electrons. The molecule has 0 aromatic heterocycles. The average Bonchev–Trinajstić information content (AvgIpc) is 2.76. The first-order chi connectivity index (χ1) is 16.7. The number of anilines is 1. The number of ether oxygens (including phenoxy) is 1. The second-order valence-corrected chi connectivity index (χ2v) is 12.0. The zero-order valence-electron chi connectivity index (χ0n) is 22.6. The Labute approximate surface area is 215 Å². The summed E-state index contributed by atoms with van der Waals surface area (Å²) in [5.41, 5.74) is 2.44. The number of carbonyl (C=O) groups excluding carboxylic acids is 2. The molecule has 8 nitrogen and oxygen atoms in total. The van der Waals surface area contributed by atoms with Crippen LogP contribution in [0.5, 0.6) is 5.75 Å². The van der Waals surface area contributed by atoms with E-state index < -0.39 is 34.1 Å². The molecule has 0 aliphatic heterocycles. The zero-order valence-corrected chi connectivity index (χ0v) is 23.4. The molecule has 2 amide bonds. The number of aryl methyl sites for hydroxylation is 2. The molecule has 9 heteroatoms. The third-order valence-electron chi connectivity index (χ3n) is 5.67. The standard InChI is InChI=1S/C27H39N3O5S/c1-9-23(26(32)28-27(4,5)6)29(17-21-11-10-12-22(16-21)35-7)25(31)18-30(36(8,33)34)24-14-13-19(2)15-20(24)3/h10-16,23H,9,17-18H2,1-8H3,(H,28,32). The number of benzene rings is 2. The normalized spacial score (nSPS) is 12.6. The highest BCUT2D eigenvalue weighted by atomic mass is 32.2. The molecule has 36 heavy (non-hydrogen) atoms. The van der Waals surface area contributed by atoms with Crippen molar-refractivity contribution < 1.29 is 22.7 Å². The number of carbonyl (C=O) groups is 2. The third kappa shape index (κ3) is 7.98. The number of sulfonamides is 1. The van der Waals surface area contributed by atoms with Crippen molar-refractivity contribution in [2.24, 2.45) is 0 Å². The number of rotatable bonds is 10. The number of hydrogen-bond donors (Lipinski definition) is 1. The van der Waals surface area contributed by atoms with Crippen LogP contribution < -0.4 is 14.4 Å². The molecule has 0 aliphatic rings. The fraction of sp³-hybridized carbons (Fsp3) is 0.481. The van der Waals surface area contributed by atoms with E-state index in [-0.39, 0.29) is 12.5 Å². The predicted molar refractivity (Wildman–Crippen MR) is 144 cm³/mol. The highest BCUT2D eigenvalue weighted by Crippen LogP contribution is 2.25. The summed E-state index contributed by atoms with van der Waals surface area (Å²) in [6.07, 6.45) is 1.44. The van der Waals surface area contributed by atoms with Crippen LogP contribution in [0.4, 0.5) is 5.69 Å². The van der Waals surface area contributed by atoms with Gasteiger partial charge in [0.2, 0.25) is 21.8 Å². The predicted octanol–water partition coefficient (Wildman–Crippen LogP) is 3.80. The minimum atomic E-state index is -3.78. The molecular weight excluding hydrogens is 478 g/mol. The van der Waals surface area contributed by atoms with Crippen LogP contribution >= 0.6 is 0 Å². The van der Waals surface area contributed by atoms with Crippen LogP contribution in [0.15, 0.2) is 42.5 Å². The molecule has 1 N–H and O–H groups in total. The van der Waals surface area contributed by atoms with Gasteiger partial charge < -0.3 is 15.0 Å². The number of amides is 2. The number of methoxy groups -OCH3 is 1. The Hall–Kier alpha value is -3.07. The lowest BCUT2D eigenvalue weighted by Crippen LogP contribution is -2.55. The Bertz CT molecular complexity index is 1190. The van der Waals surface area contributed by atoms with Crippen LogP contribution in [-0.2, 0) is 26.2 Å². The minimum Gasteiger partial charge on any atom is -0.497 e. The van der Waals surface area contributed by atoms with Crippen molar-refractivity contribution >= 4 is 27.5 Å². The van der Waals surface area contributed by atoms with Crippen LogP contribution in [0.2, 0.25) is 0 Å². The first-order valence-electron chi connectivity index (χ1n) is 12.0. The third-order valence-corrected chi connectivity index (χ3v) is 6.80. The highest BCUT2D eigenvalue weighted by molar-refractivity contribution is 7.92. The highest BCUT2D eigenvalue weighted by Gasteiger charge is 2.33. The second kappa shape index (κ2) is 11.8. The van der Waals surface area contributed by atoms with E-state index in [0.717, 1.165) is 27.3 Å². The molecule has 0 saturated carbocycles. The van der Waals surface area contributed by atoms with Gasteiger partial charge in [0, 0.05) is 12.1 Å². The van der Waals surface area contributed by atoms with Gasteiger partial charge in [0.25, 0.3) is 0 Å². The van der Waals surface area contributed by atoms with Gasteiger partial charge in [-0.1, -0.05) is 36.8 Å². The molecule has 1 unspecified atom stereocenters. The minimum absolute atomic E-state index is 0.122. The molecule has 0 heterocycles. The van der Waals surface area contributed by atoms with Gasteiger partial charge in [0.05, 0.1) is 19.1 Å². The largest absolute Gasteiger partial charge is 0.497 e. The van der Waals surface area contributed by atoms with Gasteiger partial charge in [-0.15, -0.1) is 0 Å². The van der Waals surface area contributed by atoms with Crippen molar-refractivity contribution in [1.29, 1.82) is 0 Å². The topological polar surface area (TPSA) is 96.0 Å². The van der Waals surface area contributed by atoms with E-state index >= 15 is 0 Å². The van der Waals surface area contributed by atoms with E-state index in [9.17, 15) is 18.0 Å². The smallest absolute Gasteiger partial charge is 0.244 e. The van der Waals surface area contributed by atoms with E-state index in [0.29, 0.717) is 17.9 Å². The maximum Gasteiger partial charge on any atom is 0.244 e. The average molecular weight is 518 g/mol. The number of nitrogens with one attached hydrogen (secondary N) is 1.